The van der Waals surface area contributed by atoms with E-state index >= 15 is 0 Å². The molecule has 0 radical (unpaired) electrons. The van der Waals surface area contributed by atoms with Gasteiger partial charge in [0.25, 0.3) is 5.91 Å². The Morgan fingerprint density at radius 3 is 2.35 bits per heavy atom. The number of hydrogen-bond acceptors (Lipinski definition) is 4. The second-order valence-corrected chi connectivity index (χ2v) is 7.81. The molecular formula is C22H20Cl2N2O5. The number of rotatable bonds is 6. The molecule has 0 bridgehead atoms. The van der Waals surface area contributed by atoms with E-state index in [4.69, 9.17) is 33.0 Å². The SMILES string of the molecule is COc1ccc2c(c1Cl)c(CC(=O)NC(C)C(=O)O)c(C)n2C(=O)c1ccc(Cl)cc1. The molecule has 0 aliphatic rings. The average molecular weight is 463 g/mol. The molecule has 9 heteroatoms. The number of ether oxygens (including phenoxy) is 1. The summed E-state index contributed by atoms with van der Waals surface area (Å²) in [6.45, 7) is 3.08. The maximum Gasteiger partial charge on any atom is 0.325 e. The quantitative estimate of drug-likeness (QED) is 0.574. The van der Waals surface area contributed by atoms with Gasteiger partial charge in [0, 0.05) is 21.7 Å². The Bertz CT molecular complexity index is 1190. The number of hydrogen-bond donors (Lipinski definition) is 2. The van der Waals surface area contributed by atoms with E-state index in [2.05, 4.69) is 5.32 Å². The van der Waals surface area contributed by atoms with Crippen LogP contribution >= 0.6 is 23.2 Å². The number of nitrogens with one attached hydrogen (secondary N) is 1. The van der Waals surface area contributed by atoms with Crippen molar-refractivity contribution in [2.45, 2.75) is 26.3 Å². The van der Waals surface area contributed by atoms with Crippen molar-refractivity contribution in [3.63, 3.8) is 0 Å². The predicted molar refractivity (Wildman–Crippen MR) is 118 cm³/mol. The molecule has 1 unspecified atom stereocenters. The summed E-state index contributed by atoms with van der Waals surface area (Å²) in [6, 6.07) is 8.75. The standard InChI is InChI=1S/C22H20Cl2N2O5/c1-11(22(29)30)25-18(27)10-15-12(2)26(21(28)13-4-6-14(23)7-5-13)16-8-9-17(31-3)20(24)19(15)16/h4-9,11H,10H2,1-3H3,(H,25,27)(H,29,30). The number of carboxylic acids is 1. The molecule has 0 saturated heterocycles. The zero-order valence-electron chi connectivity index (χ0n) is 17.0. The number of methoxy groups -OCH3 is 1. The average Bonchev–Trinajstić information content (AvgIpc) is 3.00. The van der Waals surface area contributed by atoms with Gasteiger partial charge in [-0.3, -0.25) is 19.0 Å². The van der Waals surface area contributed by atoms with Crippen LogP contribution in [0, 0.1) is 6.92 Å². The van der Waals surface area contributed by atoms with Crippen LogP contribution in [0.4, 0.5) is 0 Å². The Labute approximate surface area is 188 Å². The first kappa shape index (κ1) is 22.7. The second-order valence-electron chi connectivity index (χ2n) is 6.99. The van der Waals surface area contributed by atoms with Crippen molar-refractivity contribution in [3.8, 4) is 5.75 Å². The first-order valence-corrected chi connectivity index (χ1v) is 10.1. The van der Waals surface area contributed by atoms with Crippen molar-refractivity contribution in [2.24, 2.45) is 0 Å². The van der Waals surface area contributed by atoms with Gasteiger partial charge in [-0.1, -0.05) is 23.2 Å². The third-order valence-electron chi connectivity index (χ3n) is 5.00. The molecule has 31 heavy (non-hydrogen) atoms. The molecule has 3 rings (SSSR count). The number of amides is 1. The molecule has 0 spiro atoms. The van der Waals surface area contributed by atoms with Crippen LogP contribution in [0.15, 0.2) is 36.4 Å². The van der Waals surface area contributed by atoms with Crippen LogP contribution < -0.4 is 10.1 Å². The van der Waals surface area contributed by atoms with Gasteiger partial charge in [-0.25, -0.2) is 0 Å². The number of nitrogens with zero attached hydrogens (tertiary/aromatic N) is 1. The van der Waals surface area contributed by atoms with Crippen LogP contribution in [0.25, 0.3) is 10.9 Å². The monoisotopic (exact) mass is 462 g/mol. The van der Waals surface area contributed by atoms with Crippen molar-refractivity contribution in [3.05, 3.63) is 63.3 Å². The van der Waals surface area contributed by atoms with Crippen LogP contribution in [-0.4, -0.2) is 40.6 Å². The van der Waals surface area contributed by atoms with Gasteiger partial charge in [-0.15, -0.1) is 0 Å². The van der Waals surface area contributed by atoms with E-state index in [0.29, 0.717) is 38.5 Å². The summed E-state index contributed by atoms with van der Waals surface area (Å²) in [6.07, 6.45) is -0.159. The van der Waals surface area contributed by atoms with Gasteiger partial charge in [-0.2, -0.15) is 0 Å². The summed E-state index contributed by atoms with van der Waals surface area (Å²) in [4.78, 5) is 36.9. The largest absolute Gasteiger partial charge is 0.495 e. The van der Waals surface area contributed by atoms with Gasteiger partial charge < -0.3 is 15.2 Å². The van der Waals surface area contributed by atoms with Crippen molar-refractivity contribution in [1.82, 2.24) is 9.88 Å². The number of carboxylic acid groups (broad SMARTS) is 1. The molecule has 0 saturated carbocycles. The number of aromatic nitrogens is 1. The molecule has 162 valence electrons. The van der Waals surface area contributed by atoms with Crippen LogP contribution in [0.1, 0.15) is 28.5 Å². The van der Waals surface area contributed by atoms with E-state index in [-0.39, 0.29) is 17.4 Å². The highest BCUT2D eigenvalue weighted by molar-refractivity contribution is 6.37. The highest BCUT2D eigenvalue weighted by atomic mass is 35.5. The summed E-state index contributed by atoms with van der Waals surface area (Å²) in [5.41, 5.74) is 1.95. The van der Waals surface area contributed by atoms with Crippen molar-refractivity contribution in [2.75, 3.05) is 7.11 Å². The zero-order valence-corrected chi connectivity index (χ0v) is 18.5. The third kappa shape index (κ3) is 4.38. The van der Waals surface area contributed by atoms with Crippen LogP contribution in [0.5, 0.6) is 5.75 Å². The molecular weight excluding hydrogens is 443 g/mol. The van der Waals surface area contributed by atoms with Gasteiger partial charge >= 0.3 is 5.97 Å². The van der Waals surface area contributed by atoms with E-state index in [1.54, 1.807) is 43.3 Å². The smallest absolute Gasteiger partial charge is 0.325 e. The number of carbonyl (C=O) groups excluding carboxylic acids is 2. The minimum Gasteiger partial charge on any atom is -0.495 e. The first-order chi connectivity index (χ1) is 14.6. The van der Waals surface area contributed by atoms with Gasteiger partial charge in [0.2, 0.25) is 5.91 Å². The summed E-state index contributed by atoms with van der Waals surface area (Å²) in [5.74, 6) is -1.57. The molecule has 0 aliphatic heterocycles. The molecule has 0 aliphatic carbocycles. The fourth-order valence-corrected chi connectivity index (χ4v) is 3.87. The normalized spacial score (nSPS) is 11.9. The maximum atomic E-state index is 13.3. The third-order valence-corrected chi connectivity index (χ3v) is 5.63. The Hall–Kier alpha value is -3.03. The van der Waals surface area contributed by atoms with E-state index in [0.717, 1.165) is 0 Å². The Kier molecular flexibility index (Phi) is 6.57. The van der Waals surface area contributed by atoms with Crippen molar-refractivity contribution >= 4 is 51.9 Å². The summed E-state index contributed by atoms with van der Waals surface area (Å²) < 4.78 is 6.78. The van der Waals surface area contributed by atoms with Gasteiger partial charge in [0.1, 0.15) is 11.8 Å². The van der Waals surface area contributed by atoms with Gasteiger partial charge in [0.15, 0.2) is 0 Å². The number of aliphatic carboxylic acids is 1. The predicted octanol–water partition coefficient (Wildman–Crippen LogP) is 4.09. The molecule has 0 fully saturated rings. The Morgan fingerprint density at radius 1 is 1.13 bits per heavy atom. The fourth-order valence-electron chi connectivity index (χ4n) is 3.39. The lowest BCUT2D eigenvalue weighted by molar-refractivity contribution is -0.141. The van der Waals surface area contributed by atoms with E-state index in [1.807, 2.05) is 0 Å². The maximum absolute atomic E-state index is 13.3. The summed E-state index contributed by atoms with van der Waals surface area (Å²) >= 11 is 12.5. The number of benzene rings is 2. The number of fused-ring (bicyclic) bond motifs is 1. The summed E-state index contributed by atoms with van der Waals surface area (Å²) in [7, 11) is 1.47. The highest BCUT2D eigenvalue weighted by Gasteiger charge is 2.25. The molecule has 1 heterocycles. The van der Waals surface area contributed by atoms with E-state index < -0.39 is 17.9 Å². The molecule has 7 nitrogen and oxygen atoms in total. The first-order valence-electron chi connectivity index (χ1n) is 9.34. The Balaban J connectivity index is 2.16. The zero-order chi connectivity index (χ0) is 22.9. The molecule has 1 atom stereocenters. The second kappa shape index (κ2) is 8.99. The van der Waals surface area contributed by atoms with E-state index in [9.17, 15) is 14.4 Å². The van der Waals surface area contributed by atoms with Gasteiger partial charge in [-0.05, 0) is 55.8 Å². The molecule has 2 aromatic carbocycles. The van der Waals surface area contributed by atoms with Crippen LogP contribution in [0.2, 0.25) is 10.0 Å². The lowest BCUT2D eigenvalue weighted by Gasteiger charge is -2.10. The van der Waals surface area contributed by atoms with Crippen LogP contribution in [0.3, 0.4) is 0 Å². The fraction of sp³-hybridized carbons (Fsp3) is 0.227. The van der Waals surface area contributed by atoms with Gasteiger partial charge in [0.05, 0.1) is 24.1 Å². The van der Waals surface area contributed by atoms with Crippen molar-refractivity contribution < 1.29 is 24.2 Å². The molecule has 3 aromatic rings. The molecule has 1 aromatic heterocycles. The molecule has 1 amide bonds. The van der Waals surface area contributed by atoms with E-state index in [1.165, 1.54) is 18.6 Å². The Morgan fingerprint density at radius 2 is 1.77 bits per heavy atom. The number of carbonyl (C=O) groups is 3. The minimum atomic E-state index is -1.15. The number of halogens is 2. The topological polar surface area (TPSA) is 97.6 Å². The summed E-state index contributed by atoms with van der Waals surface area (Å²) in [5, 5.41) is 12.7. The van der Waals surface area contributed by atoms with Crippen molar-refractivity contribution in [1.29, 1.82) is 0 Å². The van der Waals surface area contributed by atoms with Crippen LogP contribution in [-0.2, 0) is 16.0 Å². The molecule has 2 N–H and O–H groups in total. The highest BCUT2D eigenvalue weighted by Crippen LogP contribution is 2.38. The minimum absolute atomic E-state index is 0.159. The lowest BCUT2D eigenvalue weighted by Crippen LogP contribution is -2.39. The lowest BCUT2D eigenvalue weighted by atomic mass is 10.1.